The number of carbonyl (C=O) groups is 3. The Morgan fingerprint density at radius 3 is 2.79 bits per heavy atom. The average Bonchev–Trinajstić information content (AvgIpc) is 3.54. The Bertz CT molecular complexity index is 1670. The molecular formula is C30H29ClN8O4. The maximum atomic E-state index is 13.2. The minimum Gasteiger partial charge on any atom is -0.453 e. The number of nitrogens with zero attached hydrogens (tertiary/aromatic N) is 5. The molecule has 4 aromatic rings. The largest absolute Gasteiger partial charge is 0.453 e. The molecule has 12 nitrogen and oxygen atoms in total. The quantitative estimate of drug-likeness (QED) is 0.265. The standard InChI is InChI=1S/C30H29ClN8O4/c1-18-4-3-5-24(35-28(40)11-6-20-14-21(31)7-10-27(20)39-17-33-37-38-39)26-15-19(12-13-32-26)23-9-8-22(34-30(42)43-2)16-25(23)36-29(18)41/h6-18,24H,3-5H2,1-2H3,(H,34,42)(H,35,40)(H,36,41)/b11-6+/t18-,24+/m1/s1. The van der Waals surface area contributed by atoms with E-state index in [-0.39, 0.29) is 17.7 Å². The van der Waals surface area contributed by atoms with Gasteiger partial charge in [0.1, 0.15) is 6.33 Å². The summed E-state index contributed by atoms with van der Waals surface area (Å²) in [5, 5.41) is 20.5. The molecule has 5 rings (SSSR count). The first-order valence-corrected chi connectivity index (χ1v) is 14.0. The molecule has 13 heteroatoms. The molecule has 2 atom stereocenters. The summed E-state index contributed by atoms with van der Waals surface area (Å²) in [6.07, 6.45) is 7.44. The second-order valence-corrected chi connectivity index (χ2v) is 10.5. The Labute approximate surface area is 252 Å². The Balaban J connectivity index is 1.44. The molecule has 0 saturated heterocycles. The number of pyridine rings is 1. The molecule has 3 N–H and O–H groups in total. The summed E-state index contributed by atoms with van der Waals surface area (Å²) in [6, 6.07) is 13.7. The molecule has 2 bridgehead atoms. The Morgan fingerprint density at radius 2 is 2.00 bits per heavy atom. The molecule has 0 unspecified atom stereocenters. The molecule has 1 aliphatic heterocycles. The minimum atomic E-state index is -0.617. The van der Waals surface area contributed by atoms with Crippen LogP contribution >= 0.6 is 11.6 Å². The number of tetrazole rings is 1. The van der Waals surface area contributed by atoms with Crippen LogP contribution in [0.15, 0.2) is 67.1 Å². The van der Waals surface area contributed by atoms with Gasteiger partial charge < -0.3 is 15.4 Å². The number of anilines is 2. The van der Waals surface area contributed by atoms with Gasteiger partial charge in [-0.3, -0.25) is 19.9 Å². The van der Waals surface area contributed by atoms with Crippen LogP contribution < -0.4 is 16.0 Å². The van der Waals surface area contributed by atoms with Gasteiger partial charge in [0.2, 0.25) is 11.8 Å². The molecule has 2 aromatic heterocycles. The molecular weight excluding hydrogens is 572 g/mol. The highest BCUT2D eigenvalue weighted by Gasteiger charge is 2.22. The van der Waals surface area contributed by atoms with E-state index in [0.29, 0.717) is 52.6 Å². The molecule has 0 saturated carbocycles. The molecule has 0 aliphatic carbocycles. The number of rotatable bonds is 5. The third kappa shape index (κ3) is 7.22. The number of fused-ring (bicyclic) bond motifs is 4. The summed E-state index contributed by atoms with van der Waals surface area (Å²) in [4.78, 5) is 42.6. The van der Waals surface area contributed by atoms with Gasteiger partial charge in [-0.15, -0.1) is 5.10 Å². The first-order chi connectivity index (χ1) is 20.8. The summed E-state index contributed by atoms with van der Waals surface area (Å²) in [7, 11) is 1.28. The smallest absolute Gasteiger partial charge is 0.411 e. The van der Waals surface area contributed by atoms with Gasteiger partial charge in [-0.05, 0) is 77.4 Å². The van der Waals surface area contributed by atoms with E-state index in [2.05, 4.69) is 36.5 Å². The van der Waals surface area contributed by atoms with E-state index >= 15 is 0 Å². The zero-order valence-electron chi connectivity index (χ0n) is 23.5. The van der Waals surface area contributed by atoms with Crippen molar-refractivity contribution in [3.05, 3.63) is 83.4 Å². The van der Waals surface area contributed by atoms with Crippen LogP contribution in [-0.4, -0.2) is 50.2 Å². The summed E-state index contributed by atoms with van der Waals surface area (Å²) in [5.74, 6) is -0.758. The van der Waals surface area contributed by atoms with E-state index in [1.165, 1.54) is 24.2 Å². The van der Waals surface area contributed by atoms with Crippen molar-refractivity contribution < 1.29 is 19.1 Å². The SMILES string of the molecule is COC(=O)Nc1ccc2c(c1)NC(=O)[C@H](C)CCC[C@H](NC(=O)/C=C/c1cc(Cl)ccc1-n1cnnn1)c1cc-2ccn1. The van der Waals surface area contributed by atoms with Gasteiger partial charge in [-0.25, -0.2) is 4.79 Å². The van der Waals surface area contributed by atoms with E-state index in [1.807, 2.05) is 19.1 Å². The molecule has 220 valence electrons. The van der Waals surface area contributed by atoms with Crippen molar-refractivity contribution in [1.82, 2.24) is 30.5 Å². The van der Waals surface area contributed by atoms with Gasteiger partial charge in [0.25, 0.3) is 0 Å². The van der Waals surface area contributed by atoms with Gasteiger partial charge in [0.05, 0.1) is 30.2 Å². The Kier molecular flexibility index (Phi) is 9.06. The van der Waals surface area contributed by atoms with E-state index in [0.717, 1.165) is 11.1 Å². The number of hydrogen-bond acceptors (Lipinski definition) is 8. The van der Waals surface area contributed by atoms with Gasteiger partial charge in [0.15, 0.2) is 0 Å². The molecule has 3 heterocycles. The van der Waals surface area contributed by atoms with Crippen molar-refractivity contribution in [1.29, 1.82) is 0 Å². The molecule has 1 aliphatic rings. The van der Waals surface area contributed by atoms with Gasteiger partial charge >= 0.3 is 6.09 Å². The molecule has 3 amide bonds. The van der Waals surface area contributed by atoms with Gasteiger partial charge in [-0.2, -0.15) is 4.68 Å². The zero-order valence-corrected chi connectivity index (χ0v) is 24.2. The number of ether oxygens (including phenoxy) is 1. The third-order valence-electron chi connectivity index (χ3n) is 7.05. The van der Waals surface area contributed by atoms with Crippen LogP contribution in [0.3, 0.4) is 0 Å². The second kappa shape index (κ2) is 13.3. The van der Waals surface area contributed by atoms with Crippen LogP contribution in [0.25, 0.3) is 22.9 Å². The van der Waals surface area contributed by atoms with Crippen LogP contribution in [0.5, 0.6) is 0 Å². The van der Waals surface area contributed by atoms with E-state index in [9.17, 15) is 14.4 Å². The lowest BCUT2D eigenvalue weighted by Crippen LogP contribution is -2.28. The fraction of sp³-hybridized carbons (Fsp3) is 0.233. The summed E-state index contributed by atoms with van der Waals surface area (Å²) < 4.78 is 6.18. The van der Waals surface area contributed by atoms with Crippen LogP contribution in [0.4, 0.5) is 16.2 Å². The summed E-state index contributed by atoms with van der Waals surface area (Å²) >= 11 is 6.21. The summed E-state index contributed by atoms with van der Waals surface area (Å²) in [6.45, 7) is 1.86. The topological polar surface area (TPSA) is 153 Å². The third-order valence-corrected chi connectivity index (χ3v) is 7.29. The average molecular weight is 601 g/mol. The number of amides is 3. The van der Waals surface area contributed by atoms with Gasteiger partial charge in [0, 0.05) is 40.0 Å². The number of benzene rings is 2. The normalized spacial score (nSPS) is 16.8. The van der Waals surface area contributed by atoms with Crippen molar-refractivity contribution in [2.24, 2.45) is 5.92 Å². The van der Waals surface area contributed by atoms with E-state index in [4.69, 9.17) is 16.3 Å². The lowest BCUT2D eigenvalue weighted by molar-refractivity contribution is -0.120. The van der Waals surface area contributed by atoms with E-state index in [1.54, 1.807) is 48.7 Å². The van der Waals surface area contributed by atoms with Crippen molar-refractivity contribution in [2.75, 3.05) is 17.7 Å². The van der Waals surface area contributed by atoms with Crippen molar-refractivity contribution in [3.8, 4) is 16.8 Å². The number of aromatic nitrogens is 5. The predicted molar refractivity (Wildman–Crippen MR) is 161 cm³/mol. The first kappa shape index (κ1) is 29.4. The highest BCUT2D eigenvalue weighted by Crippen LogP contribution is 2.34. The molecule has 0 radical (unpaired) electrons. The lowest BCUT2D eigenvalue weighted by atomic mass is 9.95. The second-order valence-electron chi connectivity index (χ2n) is 10.0. The Hall–Kier alpha value is -5.10. The number of nitrogens with one attached hydrogen (secondary N) is 3. The van der Waals surface area contributed by atoms with E-state index < -0.39 is 12.1 Å². The number of carbonyl (C=O) groups excluding carboxylic acids is 3. The maximum absolute atomic E-state index is 13.2. The van der Waals surface area contributed by atoms with Crippen LogP contribution in [0.2, 0.25) is 5.02 Å². The van der Waals surface area contributed by atoms with Crippen molar-refractivity contribution >= 4 is 47.0 Å². The highest BCUT2D eigenvalue weighted by molar-refractivity contribution is 6.30. The minimum absolute atomic E-state index is 0.144. The molecule has 2 aromatic carbocycles. The molecule has 0 spiro atoms. The maximum Gasteiger partial charge on any atom is 0.411 e. The number of halogens is 1. The van der Waals surface area contributed by atoms with Crippen LogP contribution in [0, 0.1) is 5.92 Å². The first-order valence-electron chi connectivity index (χ1n) is 13.6. The van der Waals surface area contributed by atoms with Gasteiger partial charge in [-0.1, -0.05) is 31.0 Å². The lowest BCUT2D eigenvalue weighted by Gasteiger charge is -2.22. The number of hydrogen-bond donors (Lipinski definition) is 3. The highest BCUT2D eigenvalue weighted by atomic mass is 35.5. The fourth-order valence-electron chi connectivity index (χ4n) is 4.79. The number of methoxy groups -OCH3 is 1. The van der Waals surface area contributed by atoms with Crippen LogP contribution in [-0.2, 0) is 14.3 Å². The summed E-state index contributed by atoms with van der Waals surface area (Å²) in [5.41, 5.74) is 4.53. The van der Waals surface area contributed by atoms with Crippen molar-refractivity contribution in [3.63, 3.8) is 0 Å². The fourth-order valence-corrected chi connectivity index (χ4v) is 4.97. The Morgan fingerprint density at radius 1 is 1.14 bits per heavy atom. The monoisotopic (exact) mass is 600 g/mol. The molecule has 43 heavy (non-hydrogen) atoms. The molecule has 0 fully saturated rings. The zero-order chi connectivity index (χ0) is 30.3. The van der Waals surface area contributed by atoms with Crippen LogP contribution in [0.1, 0.15) is 43.5 Å². The predicted octanol–water partition coefficient (Wildman–Crippen LogP) is 5.19. The van der Waals surface area contributed by atoms with Crippen molar-refractivity contribution in [2.45, 2.75) is 32.2 Å².